The number of nitrogens with two attached hydrogens (primary N) is 1. The zero-order valence-electron chi connectivity index (χ0n) is 23.2. The summed E-state index contributed by atoms with van der Waals surface area (Å²) in [6.07, 6.45) is 0. The molecule has 1 fully saturated rings. The molecule has 2 aliphatic rings. The number of benzene rings is 1. The molecule has 1 saturated heterocycles. The lowest BCUT2D eigenvalue weighted by Crippen LogP contribution is -2.71. The van der Waals surface area contributed by atoms with Crippen molar-refractivity contribution in [2.45, 2.75) is 55.4 Å². The number of aliphatic carboxylic acids is 1. The summed E-state index contributed by atoms with van der Waals surface area (Å²) in [6.45, 7) is 4.83. The molecule has 2 aromatic rings. The van der Waals surface area contributed by atoms with Crippen molar-refractivity contribution in [1.82, 2.24) is 30.4 Å². The van der Waals surface area contributed by atoms with E-state index in [0.29, 0.717) is 5.57 Å². The fourth-order valence-corrected chi connectivity index (χ4v) is 7.07. The van der Waals surface area contributed by atoms with Gasteiger partial charge in [-0.3, -0.25) is 19.3 Å². The fraction of sp³-hybridized carbons (Fsp3) is 0.458. The van der Waals surface area contributed by atoms with E-state index in [1.165, 1.54) is 40.7 Å². The van der Waals surface area contributed by atoms with Gasteiger partial charge in [-0.15, -0.1) is 16.9 Å². The molecule has 0 saturated carbocycles. The van der Waals surface area contributed by atoms with Gasteiger partial charge >= 0.3 is 11.9 Å². The number of fused-ring (bicyclic) bond motifs is 1. The number of hydrogen-bond donors (Lipinski definition) is 4. The summed E-state index contributed by atoms with van der Waals surface area (Å²) in [7, 11) is -3.76. The highest BCUT2D eigenvalue weighted by molar-refractivity contribution is 8.01. The predicted octanol–water partition coefficient (Wildman–Crippen LogP) is -0.377. The smallest absolute Gasteiger partial charge is 0.352 e. The number of carboxylic acids is 1. The van der Waals surface area contributed by atoms with Crippen LogP contribution in [0.15, 0.2) is 40.7 Å². The number of primary sulfonamides is 1. The molecule has 0 spiro atoms. The van der Waals surface area contributed by atoms with Gasteiger partial charge in [0.25, 0.3) is 5.91 Å². The molecule has 43 heavy (non-hydrogen) atoms. The number of rotatable bonds is 11. The first-order valence-corrected chi connectivity index (χ1v) is 16.4. The number of ether oxygens (including phenoxy) is 1. The van der Waals surface area contributed by atoms with E-state index in [4.69, 9.17) is 9.88 Å². The van der Waals surface area contributed by atoms with Crippen LogP contribution < -0.4 is 10.5 Å². The van der Waals surface area contributed by atoms with E-state index in [1.54, 1.807) is 20.8 Å². The van der Waals surface area contributed by atoms with Gasteiger partial charge in [-0.05, 0) is 54.5 Å². The van der Waals surface area contributed by atoms with Gasteiger partial charge in [0.1, 0.15) is 28.5 Å². The minimum Gasteiger partial charge on any atom is -0.508 e. The van der Waals surface area contributed by atoms with Crippen LogP contribution in [-0.4, -0.2) is 102 Å². The zero-order valence-corrected chi connectivity index (χ0v) is 25.6. The number of amides is 2. The number of esters is 1. The Morgan fingerprint density at radius 3 is 2.53 bits per heavy atom. The number of β-lactam (4-membered cyclic amide) rings is 1. The third-order valence-electron chi connectivity index (χ3n) is 6.14. The molecule has 5 N–H and O–H groups in total. The number of aromatic nitrogens is 4. The molecule has 0 bridgehead atoms. The Morgan fingerprint density at radius 2 is 1.93 bits per heavy atom. The van der Waals surface area contributed by atoms with Gasteiger partial charge < -0.3 is 20.3 Å². The van der Waals surface area contributed by atoms with Crippen LogP contribution >= 0.6 is 23.5 Å². The van der Waals surface area contributed by atoms with Crippen LogP contribution in [0.1, 0.15) is 32.3 Å². The van der Waals surface area contributed by atoms with Crippen LogP contribution in [0, 0.1) is 0 Å². The minimum absolute atomic E-state index is 0.0718. The van der Waals surface area contributed by atoms with Gasteiger partial charge in [0.2, 0.25) is 21.1 Å². The number of tetrazole rings is 1. The molecular formula is C24H29N7O9S3. The monoisotopic (exact) mass is 655 g/mol. The number of nitrogens with one attached hydrogen (secondary N) is 1. The maximum Gasteiger partial charge on any atom is 0.352 e. The molecule has 0 radical (unpaired) electrons. The summed E-state index contributed by atoms with van der Waals surface area (Å²) in [6, 6.07) is 4.32. The van der Waals surface area contributed by atoms with Crippen LogP contribution in [-0.2, 0) is 40.5 Å². The Morgan fingerprint density at radius 1 is 1.26 bits per heavy atom. The van der Waals surface area contributed by atoms with Crippen LogP contribution in [0.3, 0.4) is 0 Å². The lowest BCUT2D eigenvalue weighted by molar-refractivity contribution is -0.160. The number of phenols is 1. The van der Waals surface area contributed by atoms with Crippen LogP contribution in [0.4, 0.5) is 0 Å². The maximum absolute atomic E-state index is 13.4. The molecule has 4 rings (SSSR count). The second-order valence-corrected chi connectivity index (χ2v) is 14.3. The summed E-state index contributed by atoms with van der Waals surface area (Å²) in [5, 5.41) is 37.8. The lowest BCUT2D eigenvalue weighted by Gasteiger charge is -2.49. The van der Waals surface area contributed by atoms with Gasteiger partial charge in [-0.25, -0.2) is 23.0 Å². The van der Waals surface area contributed by atoms with E-state index in [2.05, 4.69) is 20.8 Å². The molecule has 16 nitrogen and oxygen atoms in total. The standard InChI is InChI=1S/C24H29N7O9S3/c1-24(2,3)40-22(37)15(12-4-6-14(32)7-5-12)18(33)26-16-19(34)31-17(21(35)36)13(10-41-20(16)31)11-42-23-27-28-29-30(23)8-9-43(25,38)39/h4-7,15-16,20,32H,8-11H2,1-3H3,(H,26,33)(H,35,36)(H2,25,38,39)/t15?,16?,20-/m1/s1. The summed E-state index contributed by atoms with van der Waals surface area (Å²) in [5.74, 6) is -5.32. The number of nitrogens with zero attached hydrogens (tertiary/aromatic N) is 5. The number of hydrogen-bond acceptors (Lipinski definition) is 13. The minimum atomic E-state index is -3.76. The fourth-order valence-electron chi connectivity index (χ4n) is 4.26. The molecular weight excluding hydrogens is 627 g/mol. The number of phenolic OH excluding ortho intramolecular Hbond substituents is 1. The number of sulfonamides is 1. The molecule has 232 valence electrons. The topological polar surface area (TPSA) is 237 Å². The average molecular weight is 656 g/mol. The normalized spacial score (nSPS) is 19.3. The third kappa shape index (κ3) is 7.64. The zero-order chi connectivity index (χ0) is 31.7. The van der Waals surface area contributed by atoms with E-state index in [0.717, 1.165) is 16.7 Å². The number of carboxylic acid groups (broad SMARTS) is 1. The Hall–Kier alpha value is -3.68. The lowest BCUT2D eigenvalue weighted by atomic mass is 9.96. The Kier molecular flexibility index (Phi) is 9.38. The van der Waals surface area contributed by atoms with Crippen molar-refractivity contribution in [2.75, 3.05) is 17.3 Å². The quantitative estimate of drug-likeness (QED) is 0.105. The van der Waals surface area contributed by atoms with Gasteiger partial charge in [0.05, 0.1) is 12.3 Å². The van der Waals surface area contributed by atoms with Crippen LogP contribution in [0.25, 0.3) is 0 Å². The average Bonchev–Trinajstić information content (AvgIpc) is 3.36. The summed E-state index contributed by atoms with van der Waals surface area (Å²) < 4.78 is 29.2. The Bertz CT molecular complexity index is 1570. The van der Waals surface area contributed by atoms with Gasteiger partial charge in [-0.2, -0.15) is 0 Å². The second kappa shape index (κ2) is 12.5. The van der Waals surface area contributed by atoms with E-state index in [1.807, 2.05) is 0 Å². The first-order chi connectivity index (χ1) is 20.1. The molecule has 3 heterocycles. The largest absolute Gasteiger partial charge is 0.508 e. The van der Waals surface area contributed by atoms with Crippen molar-refractivity contribution < 1.29 is 42.5 Å². The molecule has 2 aliphatic heterocycles. The first kappa shape index (κ1) is 32.2. The Labute approximate surface area is 254 Å². The molecule has 1 aromatic carbocycles. The van der Waals surface area contributed by atoms with Gasteiger partial charge in [-0.1, -0.05) is 23.9 Å². The van der Waals surface area contributed by atoms with Crippen molar-refractivity contribution in [1.29, 1.82) is 0 Å². The van der Waals surface area contributed by atoms with Crippen molar-refractivity contribution >= 4 is 57.3 Å². The summed E-state index contributed by atoms with van der Waals surface area (Å²) in [5.41, 5.74) is -0.511. The van der Waals surface area contributed by atoms with Crippen molar-refractivity contribution in [3.63, 3.8) is 0 Å². The SMILES string of the molecule is CC(C)(C)OC(=O)C(C(=O)NC1C(=O)N2C(C(=O)O)=C(CSc3nnnn3CCS(N)(=O)=O)CS[C@H]12)c1ccc(O)cc1. The van der Waals surface area contributed by atoms with Crippen molar-refractivity contribution in [3.8, 4) is 5.75 Å². The summed E-state index contributed by atoms with van der Waals surface area (Å²) >= 11 is 2.29. The number of carbonyl (C=O) groups is 4. The van der Waals surface area contributed by atoms with E-state index in [-0.39, 0.29) is 40.2 Å². The highest BCUT2D eigenvalue weighted by Gasteiger charge is 2.55. The second-order valence-electron chi connectivity index (χ2n) is 10.6. The van der Waals surface area contributed by atoms with E-state index < -0.39 is 62.5 Å². The highest BCUT2D eigenvalue weighted by atomic mass is 32.2. The molecule has 3 atom stereocenters. The maximum atomic E-state index is 13.4. The molecule has 2 amide bonds. The molecule has 2 unspecified atom stereocenters. The molecule has 1 aromatic heterocycles. The third-order valence-corrected chi connectivity index (χ3v) is 9.28. The summed E-state index contributed by atoms with van der Waals surface area (Å²) in [4.78, 5) is 52.9. The van der Waals surface area contributed by atoms with Crippen molar-refractivity contribution in [3.05, 3.63) is 41.1 Å². The number of aryl methyl sites for hydroxylation is 1. The molecule has 19 heteroatoms. The first-order valence-electron chi connectivity index (χ1n) is 12.7. The Balaban J connectivity index is 1.49. The highest BCUT2D eigenvalue weighted by Crippen LogP contribution is 2.41. The molecule has 0 aliphatic carbocycles. The number of thioether (sulfide) groups is 2. The van der Waals surface area contributed by atoms with Gasteiger partial charge in [0.15, 0.2) is 5.92 Å². The van der Waals surface area contributed by atoms with Crippen molar-refractivity contribution in [2.24, 2.45) is 5.14 Å². The predicted molar refractivity (Wildman–Crippen MR) is 153 cm³/mol. The van der Waals surface area contributed by atoms with E-state index >= 15 is 0 Å². The van der Waals surface area contributed by atoms with E-state index in [9.17, 15) is 37.8 Å². The van der Waals surface area contributed by atoms with Crippen LogP contribution in [0.2, 0.25) is 0 Å². The van der Waals surface area contributed by atoms with Gasteiger partial charge in [0, 0.05) is 11.5 Å². The number of aromatic hydroxyl groups is 1. The van der Waals surface area contributed by atoms with Crippen LogP contribution in [0.5, 0.6) is 5.75 Å². The number of carbonyl (C=O) groups excluding carboxylic acids is 3.